The fourth-order valence-electron chi connectivity index (χ4n) is 2.14. The molecule has 1 unspecified atom stereocenters. The van der Waals surface area contributed by atoms with Gasteiger partial charge in [0, 0.05) is 19.9 Å². The Morgan fingerprint density at radius 1 is 1.24 bits per heavy atom. The first kappa shape index (κ1) is 14.2. The van der Waals surface area contributed by atoms with E-state index in [1.165, 1.54) is 12.8 Å². The minimum Gasteiger partial charge on any atom is -0.330 e. The molecule has 1 atom stereocenters. The van der Waals surface area contributed by atoms with Gasteiger partial charge in [0.05, 0.1) is 0 Å². The van der Waals surface area contributed by atoms with Gasteiger partial charge in [-0.1, -0.05) is 20.3 Å². The average Bonchev–Trinajstić information content (AvgIpc) is 2.65. The number of aryl methyl sites for hydroxylation is 3. The Labute approximate surface area is 105 Å². The Morgan fingerprint density at radius 2 is 2.00 bits per heavy atom. The van der Waals surface area contributed by atoms with Crippen LogP contribution in [0.2, 0.25) is 0 Å². The maximum Gasteiger partial charge on any atom is 0.150 e. The minimum absolute atomic E-state index is 0.728. The van der Waals surface area contributed by atoms with E-state index in [-0.39, 0.29) is 0 Å². The highest BCUT2D eigenvalue weighted by molar-refractivity contribution is 4.93. The largest absolute Gasteiger partial charge is 0.330 e. The Hall–Kier alpha value is -0.900. The first-order valence-corrected chi connectivity index (χ1v) is 6.80. The second kappa shape index (κ2) is 7.43. The second-order valence-electron chi connectivity index (χ2n) is 4.71. The summed E-state index contributed by atoms with van der Waals surface area (Å²) in [4.78, 5) is 4.59. The topological polar surface area (TPSA) is 56.7 Å². The van der Waals surface area contributed by atoms with Gasteiger partial charge in [0.25, 0.3) is 0 Å². The normalized spacial score (nSPS) is 12.9. The average molecular weight is 238 g/mol. The van der Waals surface area contributed by atoms with Gasteiger partial charge in [0.15, 0.2) is 5.82 Å². The summed E-state index contributed by atoms with van der Waals surface area (Å²) in [7, 11) is 1.99. The molecule has 4 nitrogen and oxygen atoms in total. The Balaban J connectivity index is 2.49. The highest BCUT2D eigenvalue weighted by atomic mass is 15.3. The van der Waals surface area contributed by atoms with Gasteiger partial charge in [-0.05, 0) is 31.7 Å². The SMILES string of the molecule is CCCc1nc(CCC(CC)CCN)n(C)n1. The van der Waals surface area contributed by atoms with Crippen LogP contribution in [0.3, 0.4) is 0 Å². The smallest absolute Gasteiger partial charge is 0.150 e. The van der Waals surface area contributed by atoms with Gasteiger partial charge >= 0.3 is 0 Å². The molecule has 0 aromatic carbocycles. The zero-order valence-corrected chi connectivity index (χ0v) is 11.4. The van der Waals surface area contributed by atoms with Gasteiger partial charge in [0.2, 0.25) is 0 Å². The van der Waals surface area contributed by atoms with E-state index >= 15 is 0 Å². The molecular weight excluding hydrogens is 212 g/mol. The van der Waals surface area contributed by atoms with Gasteiger partial charge in [0.1, 0.15) is 5.82 Å². The lowest BCUT2D eigenvalue weighted by molar-refractivity contribution is 0.435. The van der Waals surface area contributed by atoms with Gasteiger partial charge in [-0.15, -0.1) is 0 Å². The number of hydrogen-bond donors (Lipinski definition) is 1. The molecule has 1 rings (SSSR count). The summed E-state index contributed by atoms with van der Waals surface area (Å²) >= 11 is 0. The van der Waals surface area contributed by atoms with E-state index in [1.54, 1.807) is 0 Å². The van der Waals surface area contributed by atoms with Crippen LogP contribution >= 0.6 is 0 Å². The van der Waals surface area contributed by atoms with Crippen LogP contribution in [0.15, 0.2) is 0 Å². The fourth-order valence-corrected chi connectivity index (χ4v) is 2.14. The third-order valence-electron chi connectivity index (χ3n) is 3.30. The molecular formula is C13H26N4. The number of hydrogen-bond acceptors (Lipinski definition) is 3. The molecule has 0 spiro atoms. The molecule has 0 bridgehead atoms. The van der Waals surface area contributed by atoms with Crippen molar-refractivity contribution in [1.29, 1.82) is 0 Å². The van der Waals surface area contributed by atoms with Crippen molar-refractivity contribution in [3.8, 4) is 0 Å². The van der Waals surface area contributed by atoms with E-state index in [1.807, 2.05) is 11.7 Å². The van der Waals surface area contributed by atoms with E-state index in [0.29, 0.717) is 0 Å². The summed E-state index contributed by atoms with van der Waals surface area (Å²) in [6.45, 7) is 5.18. The molecule has 0 aliphatic rings. The molecule has 0 saturated carbocycles. The molecule has 0 saturated heterocycles. The number of rotatable bonds is 8. The molecule has 98 valence electrons. The Bertz CT molecular complexity index is 319. The predicted octanol–water partition coefficient (Wildman–Crippen LogP) is 2.08. The van der Waals surface area contributed by atoms with Gasteiger partial charge in [-0.3, -0.25) is 4.68 Å². The van der Waals surface area contributed by atoms with Crippen LogP contribution in [0.1, 0.15) is 51.2 Å². The van der Waals surface area contributed by atoms with Crippen molar-refractivity contribution in [2.45, 2.75) is 52.4 Å². The van der Waals surface area contributed by atoms with Gasteiger partial charge in [-0.2, -0.15) is 5.10 Å². The monoisotopic (exact) mass is 238 g/mol. The van der Waals surface area contributed by atoms with Crippen molar-refractivity contribution < 1.29 is 0 Å². The predicted molar refractivity (Wildman–Crippen MR) is 70.8 cm³/mol. The summed E-state index contributed by atoms with van der Waals surface area (Å²) in [6.07, 6.45) is 6.60. The fraction of sp³-hybridized carbons (Fsp3) is 0.846. The molecule has 2 N–H and O–H groups in total. The highest BCUT2D eigenvalue weighted by Crippen LogP contribution is 2.15. The summed E-state index contributed by atoms with van der Waals surface area (Å²) in [5.74, 6) is 2.83. The zero-order valence-electron chi connectivity index (χ0n) is 11.4. The highest BCUT2D eigenvalue weighted by Gasteiger charge is 2.10. The lowest BCUT2D eigenvalue weighted by Crippen LogP contribution is -2.10. The summed E-state index contributed by atoms with van der Waals surface area (Å²) in [5, 5.41) is 4.43. The standard InChI is InChI=1S/C13H26N4/c1-4-6-12-15-13(17(3)16-12)8-7-11(5-2)9-10-14/h11H,4-10,14H2,1-3H3. The molecule has 0 amide bonds. The molecule has 0 aliphatic carbocycles. The van der Waals surface area contributed by atoms with Crippen molar-refractivity contribution in [3.63, 3.8) is 0 Å². The molecule has 0 radical (unpaired) electrons. The third-order valence-corrected chi connectivity index (χ3v) is 3.30. The second-order valence-corrected chi connectivity index (χ2v) is 4.71. The van der Waals surface area contributed by atoms with Crippen molar-refractivity contribution >= 4 is 0 Å². The van der Waals surface area contributed by atoms with Crippen LogP contribution in [-0.2, 0) is 19.9 Å². The third kappa shape index (κ3) is 4.46. The quantitative estimate of drug-likeness (QED) is 0.754. The molecule has 17 heavy (non-hydrogen) atoms. The first-order chi connectivity index (χ1) is 8.21. The van der Waals surface area contributed by atoms with Gasteiger partial charge in [-0.25, -0.2) is 4.98 Å². The Morgan fingerprint density at radius 3 is 2.59 bits per heavy atom. The number of nitrogens with zero attached hydrogens (tertiary/aromatic N) is 3. The van der Waals surface area contributed by atoms with Crippen molar-refractivity contribution in [3.05, 3.63) is 11.6 Å². The lowest BCUT2D eigenvalue weighted by Gasteiger charge is -2.12. The molecule has 0 fully saturated rings. The molecule has 4 heteroatoms. The van der Waals surface area contributed by atoms with Crippen LogP contribution in [0.5, 0.6) is 0 Å². The van der Waals surface area contributed by atoms with E-state index in [2.05, 4.69) is 23.9 Å². The van der Waals surface area contributed by atoms with Gasteiger partial charge < -0.3 is 5.73 Å². The van der Waals surface area contributed by atoms with Crippen LogP contribution in [0.4, 0.5) is 0 Å². The molecule has 1 aromatic heterocycles. The lowest BCUT2D eigenvalue weighted by atomic mass is 9.96. The zero-order chi connectivity index (χ0) is 12.7. The molecule has 0 aliphatic heterocycles. The van der Waals surface area contributed by atoms with Crippen molar-refractivity contribution in [2.24, 2.45) is 18.7 Å². The Kier molecular flexibility index (Phi) is 6.19. The minimum atomic E-state index is 0.728. The van der Waals surface area contributed by atoms with E-state index in [4.69, 9.17) is 5.73 Å². The van der Waals surface area contributed by atoms with E-state index in [0.717, 1.165) is 49.8 Å². The maximum atomic E-state index is 5.61. The number of aromatic nitrogens is 3. The van der Waals surface area contributed by atoms with Crippen molar-refractivity contribution in [2.75, 3.05) is 6.54 Å². The molecule has 1 heterocycles. The summed E-state index contributed by atoms with van der Waals surface area (Å²) in [5.41, 5.74) is 5.61. The van der Waals surface area contributed by atoms with Crippen LogP contribution < -0.4 is 5.73 Å². The van der Waals surface area contributed by atoms with E-state index < -0.39 is 0 Å². The van der Waals surface area contributed by atoms with Crippen LogP contribution in [0.25, 0.3) is 0 Å². The van der Waals surface area contributed by atoms with Crippen LogP contribution in [0, 0.1) is 5.92 Å². The van der Waals surface area contributed by atoms with E-state index in [9.17, 15) is 0 Å². The van der Waals surface area contributed by atoms with Crippen LogP contribution in [-0.4, -0.2) is 21.3 Å². The first-order valence-electron chi connectivity index (χ1n) is 6.80. The summed E-state index contributed by atoms with van der Waals surface area (Å²) in [6, 6.07) is 0. The summed E-state index contributed by atoms with van der Waals surface area (Å²) < 4.78 is 1.93. The molecule has 1 aromatic rings. The van der Waals surface area contributed by atoms with Crippen molar-refractivity contribution in [1.82, 2.24) is 14.8 Å². The maximum absolute atomic E-state index is 5.61. The number of nitrogens with two attached hydrogens (primary N) is 1.